The molecule has 17 heavy (non-hydrogen) atoms. The van der Waals surface area contributed by atoms with Crippen molar-refractivity contribution in [1.29, 1.82) is 5.41 Å². The first kappa shape index (κ1) is 11.8. The second kappa shape index (κ2) is 5.57. The summed E-state index contributed by atoms with van der Waals surface area (Å²) >= 11 is 0. The summed E-state index contributed by atoms with van der Waals surface area (Å²) in [7, 11) is 0. The molecule has 0 amide bonds. The maximum absolute atomic E-state index is 7.67. The molecule has 0 aromatic heterocycles. The summed E-state index contributed by atoms with van der Waals surface area (Å²) in [6.07, 6.45) is 2.07. The topological polar surface area (TPSA) is 59.9 Å². The normalized spacial score (nSPS) is 17.1. The van der Waals surface area contributed by atoms with Crippen LogP contribution < -0.4 is 16.0 Å². The van der Waals surface area contributed by atoms with Crippen LogP contribution >= 0.6 is 0 Å². The third kappa shape index (κ3) is 3.12. The van der Waals surface area contributed by atoms with Crippen molar-refractivity contribution < 1.29 is 0 Å². The largest absolute Gasteiger partial charge is 0.380 e. The van der Waals surface area contributed by atoms with Crippen LogP contribution in [0.3, 0.4) is 0 Å². The predicted molar refractivity (Wildman–Crippen MR) is 71.6 cm³/mol. The highest BCUT2D eigenvalue weighted by atomic mass is 15.1. The fourth-order valence-electron chi connectivity index (χ4n) is 2.04. The summed E-state index contributed by atoms with van der Waals surface area (Å²) < 4.78 is 0. The number of anilines is 1. The van der Waals surface area contributed by atoms with Gasteiger partial charge in [-0.3, -0.25) is 5.41 Å². The number of para-hydroxylation sites is 1. The fraction of sp³-hybridized carbons (Fsp3) is 0.462. The summed E-state index contributed by atoms with van der Waals surface area (Å²) in [6, 6.07) is 8.77. The Labute approximate surface area is 102 Å². The van der Waals surface area contributed by atoms with Gasteiger partial charge in [0.05, 0.1) is 0 Å². The van der Waals surface area contributed by atoms with E-state index in [0.717, 1.165) is 25.9 Å². The molecule has 1 aromatic rings. The lowest BCUT2D eigenvalue weighted by molar-refractivity contribution is 0.689. The highest BCUT2D eigenvalue weighted by Gasteiger charge is 2.19. The molecule has 0 saturated heterocycles. The van der Waals surface area contributed by atoms with E-state index in [9.17, 15) is 0 Å². The Morgan fingerprint density at radius 2 is 2.24 bits per heavy atom. The van der Waals surface area contributed by atoms with E-state index in [2.05, 4.69) is 41.1 Å². The van der Waals surface area contributed by atoms with Crippen LogP contribution in [0.1, 0.15) is 18.9 Å². The molecule has 1 aliphatic rings. The summed E-state index contributed by atoms with van der Waals surface area (Å²) in [4.78, 5) is 0. The van der Waals surface area contributed by atoms with E-state index in [1.165, 1.54) is 11.3 Å². The summed E-state index contributed by atoms with van der Waals surface area (Å²) in [5, 5.41) is 17.3. The van der Waals surface area contributed by atoms with Gasteiger partial charge in [-0.2, -0.15) is 0 Å². The lowest BCUT2D eigenvalue weighted by Gasteiger charge is -2.14. The van der Waals surface area contributed by atoms with Crippen molar-refractivity contribution >= 4 is 11.6 Å². The Morgan fingerprint density at radius 1 is 1.41 bits per heavy atom. The maximum Gasteiger partial charge on any atom is 0.188 e. The quantitative estimate of drug-likeness (QED) is 0.470. The SMILES string of the molecule is CCCNC(=N)NCC1Cc2ccccc2N1. The molecule has 4 nitrogen and oxygen atoms in total. The van der Waals surface area contributed by atoms with Gasteiger partial charge in [0.2, 0.25) is 0 Å². The van der Waals surface area contributed by atoms with Crippen molar-refractivity contribution in [2.45, 2.75) is 25.8 Å². The van der Waals surface area contributed by atoms with E-state index in [1.807, 2.05) is 6.07 Å². The second-order valence-corrected chi connectivity index (χ2v) is 4.39. The number of hydrogen-bond donors (Lipinski definition) is 4. The predicted octanol–water partition coefficient (Wildman–Crippen LogP) is 1.55. The summed E-state index contributed by atoms with van der Waals surface area (Å²) in [5.41, 5.74) is 2.60. The average molecular weight is 232 g/mol. The molecule has 2 rings (SSSR count). The zero-order chi connectivity index (χ0) is 12.1. The Bertz CT molecular complexity index is 364. The fourth-order valence-corrected chi connectivity index (χ4v) is 2.04. The minimum Gasteiger partial charge on any atom is -0.380 e. The highest BCUT2D eigenvalue weighted by Crippen LogP contribution is 2.24. The molecule has 1 unspecified atom stereocenters. The Kier molecular flexibility index (Phi) is 3.85. The molecule has 1 aliphatic heterocycles. The summed E-state index contributed by atoms with van der Waals surface area (Å²) in [5.74, 6) is 0.421. The molecule has 1 atom stereocenters. The van der Waals surface area contributed by atoms with Gasteiger partial charge < -0.3 is 16.0 Å². The lowest BCUT2D eigenvalue weighted by Crippen LogP contribution is -2.42. The molecule has 4 heteroatoms. The van der Waals surface area contributed by atoms with E-state index >= 15 is 0 Å². The van der Waals surface area contributed by atoms with Crippen molar-refractivity contribution in [2.75, 3.05) is 18.4 Å². The van der Waals surface area contributed by atoms with Crippen LogP contribution in [0.25, 0.3) is 0 Å². The van der Waals surface area contributed by atoms with E-state index in [0.29, 0.717) is 12.0 Å². The average Bonchev–Trinajstić information content (AvgIpc) is 2.76. The summed E-state index contributed by atoms with van der Waals surface area (Å²) in [6.45, 7) is 3.73. The van der Waals surface area contributed by atoms with Gasteiger partial charge in [-0.1, -0.05) is 25.1 Å². The monoisotopic (exact) mass is 232 g/mol. The van der Waals surface area contributed by atoms with Crippen LogP contribution in [0.15, 0.2) is 24.3 Å². The highest BCUT2D eigenvalue weighted by molar-refractivity contribution is 5.76. The Morgan fingerprint density at radius 3 is 3.00 bits per heavy atom. The molecule has 0 saturated carbocycles. The third-order valence-electron chi connectivity index (χ3n) is 2.92. The Hall–Kier alpha value is -1.71. The van der Waals surface area contributed by atoms with Gasteiger partial charge in [0.25, 0.3) is 0 Å². The molecule has 92 valence electrons. The first-order valence-electron chi connectivity index (χ1n) is 6.20. The van der Waals surface area contributed by atoms with E-state index in [4.69, 9.17) is 5.41 Å². The minimum absolute atomic E-state index is 0.385. The number of guanidine groups is 1. The zero-order valence-electron chi connectivity index (χ0n) is 10.2. The molecule has 1 heterocycles. The Balaban J connectivity index is 1.75. The molecule has 4 N–H and O–H groups in total. The van der Waals surface area contributed by atoms with Gasteiger partial charge in [0, 0.05) is 24.8 Å². The number of nitrogens with one attached hydrogen (secondary N) is 4. The van der Waals surface area contributed by atoms with E-state index in [-0.39, 0.29) is 0 Å². The zero-order valence-corrected chi connectivity index (χ0v) is 10.2. The van der Waals surface area contributed by atoms with Crippen LogP contribution in [-0.2, 0) is 6.42 Å². The van der Waals surface area contributed by atoms with Crippen molar-refractivity contribution in [3.05, 3.63) is 29.8 Å². The molecule has 0 fully saturated rings. The third-order valence-corrected chi connectivity index (χ3v) is 2.92. The van der Waals surface area contributed by atoms with Gasteiger partial charge in [-0.15, -0.1) is 0 Å². The van der Waals surface area contributed by atoms with Crippen LogP contribution in [0.5, 0.6) is 0 Å². The first-order valence-corrected chi connectivity index (χ1v) is 6.20. The van der Waals surface area contributed by atoms with Gasteiger partial charge in [0.15, 0.2) is 5.96 Å². The number of hydrogen-bond acceptors (Lipinski definition) is 2. The van der Waals surface area contributed by atoms with Crippen molar-refractivity contribution in [2.24, 2.45) is 0 Å². The van der Waals surface area contributed by atoms with E-state index in [1.54, 1.807) is 0 Å². The first-order chi connectivity index (χ1) is 8.29. The lowest BCUT2D eigenvalue weighted by atomic mass is 10.1. The molecule has 0 radical (unpaired) electrons. The second-order valence-electron chi connectivity index (χ2n) is 4.39. The number of rotatable bonds is 4. The number of fused-ring (bicyclic) bond motifs is 1. The van der Waals surface area contributed by atoms with Crippen molar-refractivity contribution in [3.63, 3.8) is 0 Å². The van der Waals surface area contributed by atoms with E-state index < -0.39 is 0 Å². The molecule has 0 spiro atoms. The maximum atomic E-state index is 7.67. The van der Waals surface area contributed by atoms with Crippen LogP contribution in [0.4, 0.5) is 5.69 Å². The van der Waals surface area contributed by atoms with Gasteiger partial charge in [-0.05, 0) is 24.5 Å². The van der Waals surface area contributed by atoms with Gasteiger partial charge in [-0.25, -0.2) is 0 Å². The van der Waals surface area contributed by atoms with Crippen LogP contribution in [0.2, 0.25) is 0 Å². The molecule has 1 aromatic carbocycles. The van der Waals surface area contributed by atoms with Gasteiger partial charge >= 0.3 is 0 Å². The molecular weight excluding hydrogens is 212 g/mol. The molecule has 0 aliphatic carbocycles. The van der Waals surface area contributed by atoms with Crippen molar-refractivity contribution in [1.82, 2.24) is 10.6 Å². The smallest absolute Gasteiger partial charge is 0.188 e. The van der Waals surface area contributed by atoms with Crippen LogP contribution in [-0.4, -0.2) is 25.1 Å². The molecular formula is C13H20N4. The molecule has 0 bridgehead atoms. The standard InChI is InChI=1S/C13H20N4/c1-2-7-15-13(14)16-9-11-8-10-5-3-4-6-12(10)17-11/h3-6,11,17H,2,7-9H2,1H3,(H3,14,15,16). The van der Waals surface area contributed by atoms with Crippen LogP contribution in [0, 0.1) is 5.41 Å². The minimum atomic E-state index is 0.385. The van der Waals surface area contributed by atoms with Gasteiger partial charge in [0.1, 0.15) is 0 Å². The van der Waals surface area contributed by atoms with Crippen molar-refractivity contribution in [3.8, 4) is 0 Å². The number of benzene rings is 1.